The van der Waals surface area contributed by atoms with Crippen molar-refractivity contribution in [1.29, 1.82) is 0 Å². The molecule has 0 spiro atoms. The van der Waals surface area contributed by atoms with Crippen molar-refractivity contribution in [2.75, 3.05) is 26.4 Å². The lowest BCUT2D eigenvalue weighted by molar-refractivity contribution is 0.138. The Morgan fingerprint density at radius 1 is 1.18 bits per heavy atom. The maximum atomic E-state index is 12.2. The molecule has 2 unspecified atom stereocenters. The van der Waals surface area contributed by atoms with Crippen LogP contribution in [-0.2, 0) is 0 Å². The van der Waals surface area contributed by atoms with Crippen LogP contribution in [-0.4, -0.2) is 37.4 Å². The summed E-state index contributed by atoms with van der Waals surface area (Å²) < 4.78 is 11.1. The highest BCUT2D eigenvalue weighted by molar-refractivity contribution is 5.74. The van der Waals surface area contributed by atoms with E-state index in [4.69, 9.17) is 9.47 Å². The second kappa shape index (κ2) is 7.92. The molecule has 1 aliphatic heterocycles. The zero-order valence-electron chi connectivity index (χ0n) is 13.7. The largest absolute Gasteiger partial charge is 0.490 e. The van der Waals surface area contributed by atoms with Gasteiger partial charge in [-0.25, -0.2) is 4.79 Å². The van der Waals surface area contributed by atoms with Crippen LogP contribution >= 0.6 is 0 Å². The van der Waals surface area contributed by atoms with E-state index < -0.39 is 0 Å². The summed E-state index contributed by atoms with van der Waals surface area (Å²) in [5.41, 5.74) is 0. The van der Waals surface area contributed by atoms with Gasteiger partial charge in [0.05, 0.1) is 6.61 Å². The second-order valence-corrected chi connectivity index (χ2v) is 6.00. The summed E-state index contributed by atoms with van der Waals surface area (Å²) in [5, 5.41) is 2.82. The molecule has 2 atom stereocenters. The highest BCUT2D eigenvalue weighted by Gasteiger charge is 2.25. The lowest BCUT2D eigenvalue weighted by Crippen LogP contribution is -2.48. The van der Waals surface area contributed by atoms with E-state index in [1.807, 2.05) is 36.1 Å². The molecule has 2 amide bonds. The number of rotatable bonds is 5. The Kier molecular flexibility index (Phi) is 5.92. The number of hydrogen-bond acceptors (Lipinski definition) is 3. The molecule has 2 rings (SSSR count). The van der Waals surface area contributed by atoms with Crippen LogP contribution in [0.2, 0.25) is 0 Å². The summed E-state index contributed by atoms with van der Waals surface area (Å²) in [7, 11) is 0. The molecule has 1 aromatic carbocycles. The van der Waals surface area contributed by atoms with Gasteiger partial charge in [-0.15, -0.1) is 0 Å². The Balaban J connectivity index is 1.82. The summed E-state index contributed by atoms with van der Waals surface area (Å²) >= 11 is 0. The molecular weight excluding hydrogens is 280 g/mol. The van der Waals surface area contributed by atoms with Crippen LogP contribution in [0.4, 0.5) is 4.79 Å². The van der Waals surface area contributed by atoms with Crippen LogP contribution in [0, 0.1) is 11.8 Å². The molecule has 0 radical (unpaired) electrons. The van der Waals surface area contributed by atoms with Gasteiger partial charge in [0, 0.05) is 13.1 Å². The molecule has 122 valence electrons. The Labute approximate surface area is 132 Å². The molecule has 0 aromatic heterocycles. The number of nitrogens with zero attached hydrogens (tertiary/aromatic N) is 1. The van der Waals surface area contributed by atoms with E-state index in [9.17, 15) is 4.79 Å². The van der Waals surface area contributed by atoms with E-state index in [0.717, 1.165) is 13.1 Å². The molecule has 0 saturated carbocycles. The van der Waals surface area contributed by atoms with Gasteiger partial charge in [-0.3, -0.25) is 0 Å². The molecule has 1 aromatic rings. The van der Waals surface area contributed by atoms with E-state index in [1.165, 1.54) is 6.42 Å². The molecule has 0 aliphatic carbocycles. The third kappa shape index (κ3) is 4.55. The number of para-hydroxylation sites is 2. The topological polar surface area (TPSA) is 50.8 Å². The predicted octanol–water partition coefficient (Wildman–Crippen LogP) is 3.11. The summed E-state index contributed by atoms with van der Waals surface area (Å²) in [6.45, 7) is 8.64. The highest BCUT2D eigenvalue weighted by atomic mass is 16.5. The van der Waals surface area contributed by atoms with Gasteiger partial charge in [-0.1, -0.05) is 26.0 Å². The number of carbonyl (C=O) groups is 1. The van der Waals surface area contributed by atoms with Crippen molar-refractivity contribution < 1.29 is 14.3 Å². The Bertz CT molecular complexity index is 483. The lowest BCUT2D eigenvalue weighted by Gasteiger charge is -2.34. The van der Waals surface area contributed by atoms with Crippen molar-refractivity contribution in [2.45, 2.75) is 27.2 Å². The first-order chi connectivity index (χ1) is 10.6. The highest BCUT2D eigenvalue weighted by Crippen LogP contribution is 2.26. The number of hydrogen-bond donors (Lipinski definition) is 1. The molecule has 1 fully saturated rings. The van der Waals surface area contributed by atoms with Crippen molar-refractivity contribution in [2.24, 2.45) is 11.8 Å². The molecule has 22 heavy (non-hydrogen) atoms. The monoisotopic (exact) mass is 306 g/mol. The van der Waals surface area contributed by atoms with Gasteiger partial charge < -0.3 is 19.7 Å². The van der Waals surface area contributed by atoms with Gasteiger partial charge in [0.25, 0.3) is 0 Å². The summed E-state index contributed by atoms with van der Waals surface area (Å²) in [5.74, 6) is 2.44. The van der Waals surface area contributed by atoms with Crippen molar-refractivity contribution in [3.05, 3.63) is 24.3 Å². The smallest absolute Gasteiger partial charge is 0.320 e. The number of piperidine rings is 1. The van der Waals surface area contributed by atoms with Crippen molar-refractivity contribution >= 4 is 6.03 Å². The van der Waals surface area contributed by atoms with Crippen LogP contribution in [0.5, 0.6) is 11.5 Å². The number of ether oxygens (including phenoxy) is 2. The van der Waals surface area contributed by atoms with Gasteiger partial charge in [-0.2, -0.15) is 0 Å². The van der Waals surface area contributed by atoms with E-state index in [1.54, 1.807) is 0 Å². The molecule has 1 N–H and O–H groups in total. The Morgan fingerprint density at radius 2 is 1.77 bits per heavy atom. The molecule has 1 heterocycles. The SMILES string of the molecule is CCOc1ccccc1OCNC(=O)N1CC(C)CC(C)C1. The van der Waals surface area contributed by atoms with Gasteiger partial charge in [0.1, 0.15) is 0 Å². The average Bonchev–Trinajstić information content (AvgIpc) is 2.48. The first kappa shape index (κ1) is 16.5. The van der Waals surface area contributed by atoms with E-state index >= 15 is 0 Å². The fourth-order valence-electron chi connectivity index (χ4n) is 2.96. The van der Waals surface area contributed by atoms with E-state index in [-0.39, 0.29) is 12.8 Å². The van der Waals surface area contributed by atoms with E-state index in [2.05, 4.69) is 19.2 Å². The fraction of sp³-hybridized carbons (Fsp3) is 0.588. The Hall–Kier alpha value is -1.91. The average molecular weight is 306 g/mol. The first-order valence-corrected chi connectivity index (χ1v) is 7.97. The van der Waals surface area contributed by atoms with Gasteiger partial charge >= 0.3 is 6.03 Å². The zero-order chi connectivity index (χ0) is 15.9. The predicted molar refractivity (Wildman–Crippen MR) is 86.2 cm³/mol. The second-order valence-electron chi connectivity index (χ2n) is 6.00. The van der Waals surface area contributed by atoms with Crippen molar-refractivity contribution in [1.82, 2.24) is 10.2 Å². The van der Waals surface area contributed by atoms with Crippen LogP contribution in [0.1, 0.15) is 27.2 Å². The van der Waals surface area contributed by atoms with Gasteiger partial charge in [-0.05, 0) is 37.3 Å². The van der Waals surface area contributed by atoms with Gasteiger partial charge in [0.15, 0.2) is 18.2 Å². The molecule has 1 saturated heterocycles. The number of nitrogens with one attached hydrogen (secondary N) is 1. The molecule has 0 bridgehead atoms. The summed E-state index contributed by atoms with van der Waals surface area (Å²) in [6, 6.07) is 7.41. The molecule has 1 aliphatic rings. The fourth-order valence-corrected chi connectivity index (χ4v) is 2.96. The molecular formula is C17H26N2O3. The van der Waals surface area contributed by atoms with Crippen LogP contribution < -0.4 is 14.8 Å². The maximum absolute atomic E-state index is 12.2. The third-order valence-electron chi connectivity index (χ3n) is 3.76. The normalized spacial score (nSPS) is 21.3. The first-order valence-electron chi connectivity index (χ1n) is 7.97. The minimum atomic E-state index is -0.0627. The maximum Gasteiger partial charge on any atom is 0.320 e. The van der Waals surface area contributed by atoms with E-state index in [0.29, 0.717) is 29.9 Å². The van der Waals surface area contributed by atoms with Crippen LogP contribution in [0.25, 0.3) is 0 Å². The molecule has 5 heteroatoms. The van der Waals surface area contributed by atoms with Crippen LogP contribution in [0.3, 0.4) is 0 Å². The number of urea groups is 1. The summed E-state index contributed by atoms with van der Waals surface area (Å²) in [4.78, 5) is 14.1. The lowest BCUT2D eigenvalue weighted by atomic mass is 9.92. The number of amides is 2. The molecule has 5 nitrogen and oxygen atoms in total. The minimum absolute atomic E-state index is 0.0627. The minimum Gasteiger partial charge on any atom is -0.490 e. The number of carbonyl (C=O) groups excluding carboxylic acids is 1. The Morgan fingerprint density at radius 3 is 2.36 bits per heavy atom. The number of benzene rings is 1. The van der Waals surface area contributed by atoms with Crippen LogP contribution in [0.15, 0.2) is 24.3 Å². The standard InChI is InChI=1S/C17H26N2O3/c1-4-21-15-7-5-6-8-16(15)22-12-18-17(20)19-10-13(2)9-14(3)11-19/h5-8,13-14H,4,9-12H2,1-3H3,(H,18,20). The summed E-state index contributed by atoms with van der Waals surface area (Å²) in [6.07, 6.45) is 1.18. The van der Waals surface area contributed by atoms with Crippen molar-refractivity contribution in [3.63, 3.8) is 0 Å². The quantitative estimate of drug-likeness (QED) is 0.850. The number of likely N-dealkylation sites (tertiary alicyclic amines) is 1. The van der Waals surface area contributed by atoms with Gasteiger partial charge in [0.2, 0.25) is 0 Å². The van der Waals surface area contributed by atoms with Crippen molar-refractivity contribution in [3.8, 4) is 11.5 Å². The zero-order valence-corrected chi connectivity index (χ0v) is 13.7. The third-order valence-corrected chi connectivity index (χ3v) is 3.76.